The summed E-state index contributed by atoms with van der Waals surface area (Å²) in [6, 6.07) is 2.65. The highest BCUT2D eigenvalue weighted by Gasteiger charge is 2.35. The average Bonchev–Trinajstić information content (AvgIpc) is 2.56. The lowest BCUT2D eigenvalue weighted by Crippen LogP contribution is -2.53. The van der Waals surface area contributed by atoms with Crippen LogP contribution in [0.2, 0.25) is 0 Å². The molecule has 1 saturated heterocycles. The number of amides is 2. The van der Waals surface area contributed by atoms with Crippen molar-refractivity contribution in [2.24, 2.45) is 10.7 Å². The summed E-state index contributed by atoms with van der Waals surface area (Å²) in [7, 11) is 0. The van der Waals surface area contributed by atoms with Gasteiger partial charge in [-0.3, -0.25) is 14.6 Å². The third-order valence-electron chi connectivity index (χ3n) is 3.60. The van der Waals surface area contributed by atoms with Gasteiger partial charge in [-0.15, -0.1) is 0 Å². The average molecular weight is 338 g/mol. The fraction of sp³-hybridized carbons (Fsp3) is 0.400. The van der Waals surface area contributed by atoms with Gasteiger partial charge in [-0.25, -0.2) is 4.39 Å². The van der Waals surface area contributed by atoms with Gasteiger partial charge in [0.05, 0.1) is 19.5 Å². The molecule has 1 aromatic rings. The highest BCUT2D eigenvalue weighted by Crippen LogP contribution is 2.21. The molecule has 0 aliphatic carbocycles. The van der Waals surface area contributed by atoms with E-state index < -0.39 is 29.8 Å². The second-order valence-electron chi connectivity index (χ2n) is 5.25. The zero-order valence-corrected chi connectivity index (χ0v) is 13.1. The fourth-order valence-corrected chi connectivity index (χ4v) is 2.25. The predicted octanol–water partition coefficient (Wildman–Crippen LogP) is -0.564. The summed E-state index contributed by atoms with van der Waals surface area (Å²) < 4.78 is 19.1. The number of aliphatic imine (C=N–C) groups is 1. The highest BCUT2D eigenvalue weighted by atomic mass is 19.1. The molecule has 1 aliphatic rings. The quantitative estimate of drug-likeness (QED) is 0.423. The van der Waals surface area contributed by atoms with Crippen molar-refractivity contribution >= 4 is 23.8 Å². The van der Waals surface area contributed by atoms with Gasteiger partial charge in [-0.1, -0.05) is 0 Å². The normalized spacial score (nSPS) is 19.1. The Kier molecular flexibility index (Phi) is 5.83. The summed E-state index contributed by atoms with van der Waals surface area (Å²) >= 11 is 0. The SMILES string of the molecule is Cc1c(F)cc(NC(=O)C(O)C2OCCNC2=O)cc1CN=CN. The number of hydrogen-bond donors (Lipinski definition) is 4. The van der Waals surface area contributed by atoms with Gasteiger partial charge in [0.25, 0.3) is 11.8 Å². The molecule has 0 bridgehead atoms. The van der Waals surface area contributed by atoms with Crippen LogP contribution in [0.15, 0.2) is 17.1 Å². The van der Waals surface area contributed by atoms with Crippen molar-refractivity contribution in [1.82, 2.24) is 5.32 Å². The number of hydrogen-bond acceptors (Lipinski definition) is 5. The monoisotopic (exact) mass is 338 g/mol. The van der Waals surface area contributed by atoms with Crippen molar-refractivity contribution in [2.45, 2.75) is 25.7 Å². The largest absolute Gasteiger partial charge is 0.390 e. The molecule has 1 heterocycles. The molecule has 2 rings (SSSR count). The van der Waals surface area contributed by atoms with Gasteiger partial charge in [0.15, 0.2) is 12.2 Å². The number of rotatable bonds is 5. The zero-order chi connectivity index (χ0) is 17.7. The number of halogens is 1. The molecule has 0 saturated carbocycles. The number of morpholine rings is 1. The summed E-state index contributed by atoms with van der Waals surface area (Å²) in [6.07, 6.45) is -1.90. The van der Waals surface area contributed by atoms with Gasteiger partial charge < -0.3 is 26.2 Å². The summed E-state index contributed by atoms with van der Waals surface area (Å²) in [5.41, 5.74) is 6.24. The Labute approximate surface area is 137 Å². The minimum Gasteiger partial charge on any atom is -0.390 e. The number of benzene rings is 1. The molecule has 9 heteroatoms. The van der Waals surface area contributed by atoms with Crippen molar-refractivity contribution in [1.29, 1.82) is 0 Å². The molecule has 2 amide bonds. The van der Waals surface area contributed by atoms with Crippen molar-refractivity contribution in [3.63, 3.8) is 0 Å². The Morgan fingerprint density at radius 2 is 2.42 bits per heavy atom. The first-order chi connectivity index (χ1) is 11.4. The van der Waals surface area contributed by atoms with Crippen LogP contribution in [0.5, 0.6) is 0 Å². The zero-order valence-electron chi connectivity index (χ0n) is 13.1. The van der Waals surface area contributed by atoms with Crippen LogP contribution in [0.3, 0.4) is 0 Å². The summed E-state index contributed by atoms with van der Waals surface area (Å²) in [5, 5.41) is 14.8. The Morgan fingerprint density at radius 1 is 1.67 bits per heavy atom. The van der Waals surface area contributed by atoms with Crippen LogP contribution in [-0.2, 0) is 20.9 Å². The number of carbonyl (C=O) groups excluding carboxylic acids is 2. The topological polar surface area (TPSA) is 126 Å². The van der Waals surface area contributed by atoms with E-state index >= 15 is 0 Å². The van der Waals surface area contributed by atoms with Crippen LogP contribution in [0.1, 0.15) is 11.1 Å². The predicted molar refractivity (Wildman–Crippen MR) is 84.9 cm³/mol. The van der Waals surface area contributed by atoms with E-state index in [1.54, 1.807) is 6.92 Å². The van der Waals surface area contributed by atoms with E-state index in [2.05, 4.69) is 15.6 Å². The van der Waals surface area contributed by atoms with Crippen LogP contribution in [-0.4, -0.2) is 48.6 Å². The second-order valence-corrected chi connectivity index (χ2v) is 5.25. The van der Waals surface area contributed by atoms with Crippen LogP contribution in [0.25, 0.3) is 0 Å². The molecule has 8 nitrogen and oxygen atoms in total. The van der Waals surface area contributed by atoms with Gasteiger partial charge in [0.1, 0.15) is 5.82 Å². The van der Waals surface area contributed by atoms with E-state index in [4.69, 9.17) is 10.5 Å². The maximum Gasteiger partial charge on any atom is 0.256 e. The maximum atomic E-state index is 13.9. The van der Waals surface area contributed by atoms with Crippen LogP contribution in [0.4, 0.5) is 10.1 Å². The number of nitrogens with zero attached hydrogens (tertiary/aromatic N) is 1. The van der Waals surface area contributed by atoms with Crippen LogP contribution < -0.4 is 16.4 Å². The van der Waals surface area contributed by atoms with Gasteiger partial charge >= 0.3 is 0 Å². The number of aliphatic hydroxyl groups excluding tert-OH is 1. The summed E-state index contributed by atoms with van der Waals surface area (Å²) in [5.74, 6) is -1.97. The van der Waals surface area contributed by atoms with Crippen molar-refractivity contribution in [2.75, 3.05) is 18.5 Å². The van der Waals surface area contributed by atoms with Gasteiger partial charge in [0.2, 0.25) is 0 Å². The highest BCUT2D eigenvalue weighted by molar-refractivity contribution is 5.98. The number of ether oxygens (including phenoxy) is 1. The smallest absolute Gasteiger partial charge is 0.256 e. The molecule has 5 N–H and O–H groups in total. The van der Waals surface area contributed by atoms with Gasteiger partial charge in [-0.2, -0.15) is 0 Å². The molecule has 2 unspecified atom stereocenters. The number of anilines is 1. The van der Waals surface area contributed by atoms with E-state index in [9.17, 15) is 19.1 Å². The number of aliphatic hydroxyl groups is 1. The number of nitrogens with one attached hydrogen (secondary N) is 2. The third-order valence-corrected chi connectivity index (χ3v) is 3.60. The maximum absolute atomic E-state index is 13.9. The Bertz CT molecular complexity index is 665. The Hall–Kier alpha value is -2.52. The minimum atomic E-state index is -1.71. The van der Waals surface area contributed by atoms with Crippen LogP contribution in [0, 0.1) is 12.7 Å². The second kappa shape index (κ2) is 7.84. The molecule has 0 aromatic heterocycles. The molecular formula is C15H19FN4O4. The summed E-state index contributed by atoms with van der Waals surface area (Å²) in [6.45, 7) is 2.25. The molecule has 0 spiro atoms. The first kappa shape index (κ1) is 17.8. The van der Waals surface area contributed by atoms with Crippen molar-refractivity contribution in [3.8, 4) is 0 Å². The van der Waals surface area contributed by atoms with E-state index in [1.165, 1.54) is 6.07 Å². The summed E-state index contributed by atoms with van der Waals surface area (Å²) in [4.78, 5) is 27.5. The number of nitrogens with two attached hydrogens (primary N) is 1. The lowest BCUT2D eigenvalue weighted by molar-refractivity contribution is -0.153. The third kappa shape index (κ3) is 4.06. The van der Waals surface area contributed by atoms with E-state index in [0.29, 0.717) is 17.7 Å². The molecule has 2 atom stereocenters. The standard InChI is InChI=1S/C15H19FN4O4/c1-8-9(6-18-7-17)4-10(5-11(8)16)20-14(22)12(21)13-15(23)19-2-3-24-13/h4-5,7,12-13,21H,2-3,6H2,1H3,(H2,17,18)(H,19,23)(H,20,22). The Balaban J connectivity index is 2.13. The van der Waals surface area contributed by atoms with Crippen molar-refractivity contribution in [3.05, 3.63) is 29.1 Å². The first-order valence-electron chi connectivity index (χ1n) is 7.31. The van der Waals surface area contributed by atoms with Crippen molar-refractivity contribution < 1.29 is 23.8 Å². The fourth-order valence-electron chi connectivity index (χ4n) is 2.25. The molecule has 1 aliphatic heterocycles. The lowest BCUT2D eigenvalue weighted by Gasteiger charge is -2.26. The molecular weight excluding hydrogens is 319 g/mol. The lowest BCUT2D eigenvalue weighted by atomic mass is 10.1. The molecule has 24 heavy (non-hydrogen) atoms. The molecule has 130 valence electrons. The Morgan fingerprint density at radius 3 is 3.08 bits per heavy atom. The van der Waals surface area contributed by atoms with Gasteiger partial charge in [-0.05, 0) is 30.2 Å². The van der Waals surface area contributed by atoms with E-state index in [1.807, 2.05) is 0 Å². The van der Waals surface area contributed by atoms with Gasteiger partial charge in [0, 0.05) is 12.2 Å². The number of carbonyl (C=O) groups is 2. The molecule has 0 radical (unpaired) electrons. The minimum absolute atomic E-state index is 0.139. The van der Waals surface area contributed by atoms with Crippen LogP contribution >= 0.6 is 0 Å². The van der Waals surface area contributed by atoms with E-state index in [-0.39, 0.29) is 18.8 Å². The van der Waals surface area contributed by atoms with E-state index in [0.717, 1.165) is 12.4 Å². The molecule has 1 fully saturated rings. The first-order valence-corrected chi connectivity index (χ1v) is 7.31. The molecule has 1 aromatic carbocycles.